The minimum Gasteiger partial charge on any atom is -0.344 e. The Balaban J connectivity index is 2.49. The van der Waals surface area contributed by atoms with E-state index in [2.05, 4.69) is 23.1 Å². The Bertz CT molecular complexity index is 274. The molecule has 3 atom stereocenters. The standard InChI is InChI=1S/C12H21N3O/c1-4-5-14-12(16)10(3)15-7-9(2)6-11(13)8-15/h1,9-11H,5-8,13H2,2-3H3,(H,14,16). The van der Waals surface area contributed by atoms with Crippen molar-refractivity contribution in [3.05, 3.63) is 0 Å². The second kappa shape index (κ2) is 5.88. The van der Waals surface area contributed by atoms with Crippen molar-refractivity contribution in [2.75, 3.05) is 19.6 Å². The number of nitrogens with one attached hydrogen (secondary N) is 1. The predicted octanol–water partition coefficient (Wildman–Crippen LogP) is -0.207. The number of piperidine rings is 1. The fourth-order valence-electron chi connectivity index (χ4n) is 2.21. The van der Waals surface area contributed by atoms with Gasteiger partial charge in [0.05, 0.1) is 12.6 Å². The summed E-state index contributed by atoms with van der Waals surface area (Å²) in [4.78, 5) is 13.9. The van der Waals surface area contributed by atoms with Crippen LogP contribution < -0.4 is 11.1 Å². The maximum Gasteiger partial charge on any atom is 0.237 e. The number of terminal acetylenes is 1. The van der Waals surface area contributed by atoms with E-state index in [9.17, 15) is 4.79 Å². The van der Waals surface area contributed by atoms with E-state index < -0.39 is 0 Å². The molecule has 0 aromatic carbocycles. The summed E-state index contributed by atoms with van der Waals surface area (Å²) in [6.07, 6.45) is 6.14. The highest BCUT2D eigenvalue weighted by atomic mass is 16.2. The van der Waals surface area contributed by atoms with Crippen molar-refractivity contribution < 1.29 is 4.79 Å². The Morgan fingerprint density at radius 1 is 1.69 bits per heavy atom. The van der Waals surface area contributed by atoms with Crippen molar-refractivity contribution in [2.24, 2.45) is 11.7 Å². The molecule has 16 heavy (non-hydrogen) atoms. The highest BCUT2D eigenvalue weighted by molar-refractivity contribution is 5.81. The van der Waals surface area contributed by atoms with Crippen LogP contribution in [0.2, 0.25) is 0 Å². The first-order valence-corrected chi connectivity index (χ1v) is 5.75. The van der Waals surface area contributed by atoms with E-state index >= 15 is 0 Å². The molecule has 1 fully saturated rings. The Kier molecular flexibility index (Phi) is 4.78. The van der Waals surface area contributed by atoms with Gasteiger partial charge in [0.25, 0.3) is 0 Å². The summed E-state index contributed by atoms with van der Waals surface area (Å²) >= 11 is 0. The molecule has 1 aliphatic rings. The fraction of sp³-hybridized carbons (Fsp3) is 0.750. The first-order valence-electron chi connectivity index (χ1n) is 5.75. The number of nitrogens with two attached hydrogens (primary N) is 1. The molecule has 1 heterocycles. The SMILES string of the molecule is C#CCNC(=O)C(C)N1CC(C)CC(N)C1. The molecule has 3 N–H and O–H groups in total. The lowest BCUT2D eigenvalue weighted by Gasteiger charge is -2.37. The van der Waals surface area contributed by atoms with Gasteiger partial charge >= 0.3 is 0 Å². The van der Waals surface area contributed by atoms with Crippen LogP contribution >= 0.6 is 0 Å². The highest BCUT2D eigenvalue weighted by Crippen LogP contribution is 2.17. The quantitative estimate of drug-likeness (QED) is 0.651. The third-order valence-electron chi connectivity index (χ3n) is 3.01. The van der Waals surface area contributed by atoms with Gasteiger partial charge in [-0.05, 0) is 19.3 Å². The summed E-state index contributed by atoms with van der Waals surface area (Å²) in [7, 11) is 0. The van der Waals surface area contributed by atoms with E-state index in [1.54, 1.807) is 0 Å². The van der Waals surface area contributed by atoms with Crippen LogP contribution in [0.1, 0.15) is 20.3 Å². The van der Waals surface area contributed by atoms with Gasteiger partial charge in [-0.2, -0.15) is 0 Å². The van der Waals surface area contributed by atoms with Crippen molar-refractivity contribution in [2.45, 2.75) is 32.4 Å². The average Bonchev–Trinajstić information content (AvgIpc) is 2.23. The van der Waals surface area contributed by atoms with E-state index in [1.165, 1.54) is 0 Å². The number of amides is 1. The molecular formula is C12H21N3O. The van der Waals surface area contributed by atoms with Gasteiger partial charge in [0.1, 0.15) is 0 Å². The van der Waals surface area contributed by atoms with E-state index in [4.69, 9.17) is 12.2 Å². The molecule has 0 aliphatic carbocycles. The van der Waals surface area contributed by atoms with Crippen LogP contribution in [0, 0.1) is 18.3 Å². The first kappa shape index (κ1) is 13.0. The molecular weight excluding hydrogens is 202 g/mol. The molecule has 1 saturated heterocycles. The molecule has 1 aliphatic heterocycles. The summed E-state index contributed by atoms with van der Waals surface area (Å²) in [6, 6.07) is 0.0220. The minimum absolute atomic E-state index is 0.0146. The first-order chi connectivity index (χ1) is 7.54. The number of rotatable bonds is 3. The van der Waals surface area contributed by atoms with E-state index in [0.717, 1.165) is 19.5 Å². The van der Waals surface area contributed by atoms with Crippen LogP contribution in [0.25, 0.3) is 0 Å². The fourth-order valence-corrected chi connectivity index (χ4v) is 2.21. The smallest absolute Gasteiger partial charge is 0.237 e. The molecule has 0 radical (unpaired) electrons. The summed E-state index contributed by atoms with van der Waals surface area (Å²) in [6.45, 7) is 6.07. The lowest BCUT2D eigenvalue weighted by Crippen LogP contribution is -2.54. The van der Waals surface area contributed by atoms with Gasteiger partial charge in [0.15, 0.2) is 0 Å². The third kappa shape index (κ3) is 3.51. The zero-order valence-electron chi connectivity index (χ0n) is 10.1. The molecule has 0 spiro atoms. The third-order valence-corrected chi connectivity index (χ3v) is 3.01. The molecule has 4 nitrogen and oxygen atoms in total. The zero-order valence-corrected chi connectivity index (χ0v) is 10.1. The van der Waals surface area contributed by atoms with E-state index in [1.807, 2.05) is 6.92 Å². The van der Waals surface area contributed by atoms with Gasteiger partial charge in [-0.15, -0.1) is 6.42 Å². The number of hydrogen-bond donors (Lipinski definition) is 2. The number of likely N-dealkylation sites (tertiary alicyclic amines) is 1. The Labute approximate surface area is 97.6 Å². The Morgan fingerprint density at radius 3 is 2.94 bits per heavy atom. The second-order valence-electron chi connectivity index (χ2n) is 4.65. The van der Waals surface area contributed by atoms with E-state index in [0.29, 0.717) is 12.5 Å². The zero-order chi connectivity index (χ0) is 12.1. The lowest BCUT2D eigenvalue weighted by atomic mass is 9.95. The van der Waals surface area contributed by atoms with Gasteiger partial charge in [0.2, 0.25) is 5.91 Å². The molecule has 1 amide bonds. The Morgan fingerprint density at radius 2 is 2.38 bits per heavy atom. The molecule has 0 aromatic heterocycles. The van der Waals surface area contributed by atoms with Gasteiger partial charge in [-0.3, -0.25) is 9.69 Å². The molecule has 0 bridgehead atoms. The van der Waals surface area contributed by atoms with Crippen LogP contribution in [0.5, 0.6) is 0 Å². The van der Waals surface area contributed by atoms with Gasteiger partial charge < -0.3 is 11.1 Å². The maximum atomic E-state index is 11.7. The largest absolute Gasteiger partial charge is 0.344 e. The number of hydrogen-bond acceptors (Lipinski definition) is 3. The maximum absolute atomic E-state index is 11.7. The van der Waals surface area contributed by atoms with Crippen molar-refractivity contribution in [1.82, 2.24) is 10.2 Å². The highest BCUT2D eigenvalue weighted by Gasteiger charge is 2.28. The predicted molar refractivity (Wildman–Crippen MR) is 64.6 cm³/mol. The summed E-state index contributed by atoms with van der Waals surface area (Å²) in [5.41, 5.74) is 5.95. The van der Waals surface area contributed by atoms with E-state index in [-0.39, 0.29) is 18.0 Å². The summed E-state index contributed by atoms with van der Waals surface area (Å²) in [5.74, 6) is 2.93. The lowest BCUT2D eigenvalue weighted by molar-refractivity contribution is -0.126. The van der Waals surface area contributed by atoms with Crippen LogP contribution in [0.15, 0.2) is 0 Å². The molecule has 3 unspecified atom stereocenters. The van der Waals surface area contributed by atoms with Crippen LogP contribution in [0.4, 0.5) is 0 Å². The van der Waals surface area contributed by atoms with Crippen LogP contribution in [-0.4, -0.2) is 42.5 Å². The number of carbonyl (C=O) groups is 1. The van der Waals surface area contributed by atoms with Crippen LogP contribution in [-0.2, 0) is 4.79 Å². The van der Waals surface area contributed by atoms with Gasteiger partial charge in [0, 0.05) is 19.1 Å². The monoisotopic (exact) mass is 223 g/mol. The number of carbonyl (C=O) groups excluding carboxylic acids is 1. The van der Waals surface area contributed by atoms with Crippen molar-refractivity contribution in [1.29, 1.82) is 0 Å². The summed E-state index contributed by atoms with van der Waals surface area (Å²) < 4.78 is 0. The molecule has 0 aromatic rings. The Hall–Kier alpha value is -1.05. The number of nitrogens with zero attached hydrogens (tertiary/aromatic N) is 1. The molecule has 1 rings (SSSR count). The minimum atomic E-state index is -0.151. The van der Waals surface area contributed by atoms with Crippen molar-refractivity contribution in [3.63, 3.8) is 0 Å². The van der Waals surface area contributed by atoms with Crippen LogP contribution in [0.3, 0.4) is 0 Å². The summed E-state index contributed by atoms with van der Waals surface area (Å²) in [5, 5.41) is 2.70. The van der Waals surface area contributed by atoms with Gasteiger partial charge in [-0.25, -0.2) is 0 Å². The molecule has 90 valence electrons. The second-order valence-corrected chi connectivity index (χ2v) is 4.65. The van der Waals surface area contributed by atoms with Crippen molar-refractivity contribution in [3.8, 4) is 12.3 Å². The topological polar surface area (TPSA) is 58.4 Å². The normalized spacial score (nSPS) is 28.1. The van der Waals surface area contributed by atoms with Gasteiger partial charge in [-0.1, -0.05) is 12.8 Å². The average molecular weight is 223 g/mol. The van der Waals surface area contributed by atoms with Crippen molar-refractivity contribution >= 4 is 5.91 Å². The molecule has 0 saturated carbocycles. The molecule has 4 heteroatoms.